The van der Waals surface area contributed by atoms with Crippen molar-refractivity contribution in [3.63, 3.8) is 0 Å². The van der Waals surface area contributed by atoms with Crippen LogP contribution in [0.25, 0.3) is 11.1 Å². The molecule has 0 atom stereocenters. The van der Waals surface area contributed by atoms with Gasteiger partial charge in [0.1, 0.15) is 6.61 Å². The topological polar surface area (TPSA) is 65.4 Å². The van der Waals surface area contributed by atoms with Crippen molar-refractivity contribution in [3.8, 4) is 17.2 Å². The number of ether oxygens (including phenoxy) is 1. The van der Waals surface area contributed by atoms with Crippen LogP contribution in [0.1, 0.15) is 35.1 Å². The second-order valence-electron chi connectivity index (χ2n) is 10.7. The number of nitrogens with zero attached hydrogens (tertiary/aromatic N) is 2. The van der Waals surface area contributed by atoms with E-state index in [1.54, 1.807) is 24.3 Å². The van der Waals surface area contributed by atoms with Crippen molar-refractivity contribution in [3.05, 3.63) is 123 Å². The first-order valence-electron chi connectivity index (χ1n) is 13.9. The first kappa shape index (κ1) is 31.6. The molecule has 0 aliphatic carbocycles. The van der Waals surface area contributed by atoms with E-state index in [0.29, 0.717) is 53.8 Å². The summed E-state index contributed by atoms with van der Waals surface area (Å²) in [7, 11) is 0. The van der Waals surface area contributed by atoms with Crippen molar-refractivity contribution >= 4 is 34.8 Å². The van der Waals surface area contributed by atoms with E-state index in [-0.39, 0.29) is 12.5 Å². The molecular formula is C34H28Cl2F3N3O2. The van der Waals surface area contributed by atoms with Crippen LogP contribution in [0.3, 0.4) is 0 Å². The van der Waals surface area contributed by atoms with Crippen molar-refractivity contribution in [2.24, 2.45) is 0 Å². The Balaban J connectivity index is 1.32. The number of nitrogens with one attached hydrogen (secondary N) is 1. The second kappa shape index (κ2) is 13.4. The predicted molar refractivity (Wildman–Crippen MR) is 165 cm³/mol. The molecule has 0 aromatic heterocycles. The summed E-state index contributed by atoms with van der Waals surface area (Å²) >= 11 is 12.1. The number of carbonyl (C=O) groups excluding carboxylic acids is 1. The molecule has 1 heterocycles. The quantitative estimate of drug-likeness (QED) is 0.210. The molecule has 4 aromatic carbocycles. The number of amides is 1. The summed E-state index contributed by atoms with van der Waals surface area (Å²) < 4.78 is 45.4. The second-order valence-corrected chi connectivity index (χ2v) is 11.6. The molecule has 1 amide bonds. The lowest BCUT2D eigenvalue weighted by Gasteiger charge is -2.42. The average molecular weight is 639 g/mol. The van der Waals surface area contributed by atoms with Crippen LogP contribution in [0.5, 0.6) is 0 Å². The molecule has 44 heavy (non-hydrogen) atoms. The van der Waals surface area contributed by atoms with Gasteiger partial charge in [0.2, 0.25) is 5.91 Å². The van der Waals surface area contributed by atoms with Gasteiger partial charge in [0.25, 0.3) is 0 Å². The molecule has 0 spiro atoms. The number of nitriles is 1. The molecule has 5 rings (SSSR count). The standard InChI is InChI=1S/C34H28Cl2F3N3O2/c35-29-17-30(36)19-31(18-29)41-32(43)22-44-33(27-10-6-25(7-11-27)26-3-1-2-24(16-26)20-40)12-14-42(15-13-33)21-23-4-8-28(9-5-23)34(37,38)39/h1-11,16-19H,12-15,21-22H2,(H,41,43). The largest absolute Gasteiger partial charge is 0.416 e. The first-order chi connectivity index (χ1) is 21.0. The first-order valence-corrected chi connectivity index (χ1v) is 14.7. The maximum atomic E-state index is 13.0. The molecule has 0 saturated carbocycles. The lowest BCUT2D eigenvalue weighted by Crippen LogP contribution is -2.45. The number of halogens is 5. The third-order valence-corrected chi connectivity index (χ3v) is 8.15. The van der Waals surface area contributed by atoms with Gasteiger partial charge in [-0.2, -0.15) is 18.4 Å². The lowest BCUT2D eigenvalue weighted by atomic mass is 9.83. The Hall–Kier alpha value is -3.87. The third-order valence-electron chi connectivity index (χ3n) is 7.71. The monoisotopic (exact) mass is 637 g/mol. The van der Waals surface area contributed by atoms with E-state index in [9.17, 15) is 23.2 Å². The lowest BCUT2D eigenvalue weighted by molar-refractivity contribution is -0.137. The molecule has 0 bridgehead atoms. The SMILES string of the molecule is N#Cc1cccc(-c2ccc(C3(OCC(=O)Nc4cc(Cl)cc(Cl)c4)CCN(Cc4ccc(C(F)(F)F)cc4)CC3)cc2)c1. The minimum absolute atomic E-state index is 0.213. The summed E-state index contributed by atoms with van der Waals surface area (Å²) in [6.07, 6.45) is -3.25. The summed E-state index contributed by atoms with van der Waals surface area (Å²) in [5, 5.41) is 12.8. The zero-order valence-corrected chi connectivity index (χ0v) is 25.0. The molecule has 0 unspecified atom stereocenters. The van der Waals surface area contributed by atoms with E-state index >= 15 is 0 Å². The maximum absolute atomic E-state index is 13.0. The van der Waals surface area contributed by atoms with Gasteiger partial charge in [0, 0.05) is 35.4 Å². The average Bonchev–Trinajstić information content (AvgIpc) is 3.00. The number of hydrogen-bond donors (Lipinski definition) is 1. The van der Waals surface area contributed by atoms with Crippen molar-refractivity contribution in [2.45, 2.75) is 31.2 Å². The van der Waals surface area contributed by atoms with Gasteiger partial charge in [-0.1, -0.05) is 71.7 Å². The number of likely N-dealkylation sites (tertiary alicyclic amines) is 1. The van der Waals surface area contributed by atoms with E-state index in [1.807, 2.05) is 42.5 Å². The molecular weight excluding hydrogens is 610 g/mol. The Labute approximate surface area is 263 Å². The summed E-state index contributed by atoms with van der Waals surface area (Å²) in [4.78, 5) is 15.1. The molecule has 1 aliphatic rings. The summed E-state index contributed by atoms with van der Waals surface area (Å²) in [5.74, 6) is -0.361. The number of anilines is 1. The van der Waals surface area contributed by atoms with Crippen LogP contribution in [0.4, 0.5) is 18.9 Å². The van der Waals surface area contributed by atoms with Crippen molar-refractivity contribution in [1.82, 2.24) is 4.90 Å². The molecule has 1 aliphatic heterocycles. The van der Waals surface area contributed by atoms with E-state index in [1.165, 1.54) is 12.1 Å². The van der Waals surface area contributed by atoms with Crippen LogP contribution in [-0.4, -0.2) is 30.5 Å². The number of alkyl halides is 3. The van der Waals surface area contributed by atoms with Gasteiger partial charge in [-0.25, -0.2) is 0 Å². The highest BCUT2D eigenvalue weighted by atomic mass is 35.5. The normalized spacial score (nSPS) is 15.0. The predicted octanol–water partition coefficient (Wildman–Crippen LogP) is 8.70. The van der Waals surface area contributed by atoms with E-state index < -0.39 is 17.3 Å². The molecule has 4 aromatic rings. The Morgan fingerprint density at radius 1 is 0.909 bits per heavy atom. The molecule has 226 valence electrons. The van der Waals surface area contributed by atoms with Gasteiger partial charge in [0.15, 0.2) is 0 Å². The van der Waals surface area contributed by atoms with E-state index in [2.05, 4.69) is 16.3 Å². The molecule has 0 radical (unpaired) electrons. The highest BCUT2D eigenvalue weighted by Crippen LogP contribution is 2.38. The Morgan fingerprint density at radius 3 is 2.18 bits per heavy atom. The van der Waals surface area contributed by atoms with Crippen LogP contribution < -0.4 is 5.32 Å². The van der Waals surface area contributed by atoms with Crippen LogP contribution in [0.2, 0.25) is 10.0 Å². The highest BCUT2D eigenvalue weighted by molar-refractivity contribution is 6.35. The zero-order chi connectivity index (χ0) is 31.3. The number of benzene rings is 4. The fourth-order valence-corrected chi connectivity index (χ4v) is 5.93. The molecule has 1 saturated heterocycles. The Morgan fingerprint density at radius 2 is 1.57 bits per heavy atom. The fourth-order valence-electron chi connectivity index (χ4n) is 5.41. The van der Waals surface area contributed by atoms with Gasteiger partial charge in [0.05, 0.1) is 22.8 Å². The number of piperidine rings is 1. The smallest absolute Gasteiger partial charge is 0.360 e. The van der Waals surface area contributed by atoms with Crippen LogP contribution in [0, 0.1) is 11.3 Å². The van der Waals surface area contributed by atoms with Gasteiger partial charge >= 0.3 is 6.18 Å². The number of hydrogen-bond acceptors (Lipinski definition) is 4. The maximum Gasteiger partial charge on any atom is 0.416 e. The molecule has 5 nitrogen and oxygen atoms in total. The highest BCUT2D eigenvalue weighted by Gasteiger charge is 2.38. The minimum Gasteiger partial charge on any atom is -0.360 e. The van der Waals surface area contributed by atoms with Gasteiger partial charge in [-0.05, 0) is 77.6 Å². The van der Waals surface area contributed by atoms with E-state index in [4.69, 9.17) is 27.9 Å². The summed E-state index contributed by atoms with van der Waals surface area (Å²) in [5.41, 5.74) is 3.13. The molecule has 1 fully saturated rings. The third kappa shape index (κ3) is 7.79. The summed E-state index contributed by atoms with van der Waals surface area (Å²) in [6.45, 7) is 1.50. The van der Waals surface area contributed by atoms with Crippen molar-refractivity contribution in [1.29, 1.82) is 5.26 Å². The van der Waals surface area contributed by atoms with E-state index in [0.717, 1.165) is 34.4 Å². The fraction of sp³-hybridized carbons (Fsp3) is 0.235. The van der Waals surface area contributed by atoms with Crippen LogP contribution >= 0.6 is 23.2 Å². The molecule has 1 N–H and O–H groups in total. The Kier molecular flexibility index (Phi) is 9.62. The minimum atomic E-state index is -4.38. The summed E-state index contributed by atoms with van der Waals surface area (Å²) in [6, 6.07) is 27.4. The van der Waals surface area contributed by atoms with Crippen molar-refractivity contribution in [2.75, 3.05) is 25.0 Å². The number of carbonyl (C=O) groups is 1. The number of rotatable bonds is 8. The van der Waals surface area contributed by atoms with Crippen molar-refractivity contribution < 1.29 is 22.7 Å². The van der Waals surface area contributed by atoms with Crippen LogP contribution in [0.15, 0.2) is 91.0 Å². The van der Waals surface area contributed by atoms with Gasteiger partial charge in [-0.15, -0.1) is 0 Å². The van der Waals surface area contributed by atoms with Gasteiger partial charge in [-0.3, -0.25) is 9.69 Å². The van der Waals surface area contributed by atoms with Crippen LogP contribution in [-0.2, 0) is 27.9 Å². The Bertz CT molecular complexity index is 1640. The molecule has 10 heteroatoms. The zero-order valence-electron chi connectivity index (χ0n) is 23.5. The van der Waals surface area contributed by atoms with Gasteiger partial charge < -0.3 is 10.1 Å².